The number of carbonyl (C=O) groups excluding carboxylic acids is 1. The number of rotatable bonds is 8. The highest BCUT2D eigenvalue weighted by molar-refractivity contribution is 7.86. The van der Waals surface area contributed by atoms with Crippen molar-refractivity contribution in [1.82, 2.24) is 0 Å². The molecule has 0 spiro atoms. The van der Waals surface area contributed by atoms with Crippen LogP contribution in [0.25, 0.3) is 0 Å². The molecule has 0 radical (unpaired) electrons. The van der Waals surface area contributed by atoms with Crippen LogP contribution in [0.5, 0.6) is 0 Å². The van der Waals surface area contributed by atoms with Crippen LogP contribution in [-0.2, 0) is 26.3 Å². The quantitative estimate of drug-likeness (QED) is 0.181. The number of benzene rings is 3. The van der Waals surface area contributed by atoms with Gasteiger partial charge in [-0.1, -0.05) is 24.3 Å². The normalized spacial score (nSPS) is 11.8. The van der Waals surface area contributed by atoms with Crippen molar-refractivity contribution >= 4 is 50.7 Å². The molecule has 0 aliphatic heterocycles. The van der Waals surface area contributed by atoms with Crippen LogP contribution in [0.3, 0.4) is 0 Å². The summed E-state index contributed by atoms with van der Waals surface area (Å²) in [5.74, 6) is 0. The van der Waals surface area contributed by atoms with Gasteiger partial charge in [0, 0.05) is 0 Å². The van der Waals surface area contributed by atoms with Gasteiger partial charge in [-0.05, 0) is 48.4 Å². The first kappa shape index (κ1) is 23.5. The van der Waals surface area contributed by atoms with Gasteiger partial charge in [0.15, 0.2) is 0 Å². The van der Waals surface area contributed by atoms with E-state index in [0.29, 0.717) is 23.4 Å². The summed E-state index contributed by atoms with van der Waals surface area (Å²) in [4.78, 5) is 9.74. The molecule has 0 aromatic heterocycles. The van der Waals surface area contributed by atoms with E-state index in [0.717, 1.165) is 11.6 Å². The fourth-order valence-electron chi connectivity index (χ4n) is 2.81. The summed E-state index contributed by atoms with van der Waals surface area (Å²) in [5.41, 5.74) is 13.8. The van der Waals surface area contributed by atoms with Crippen molar-refractivity contribution in [3.05, 3.63) is 65.7 Å². The average molecular weight is 468 g/mol. The number of nitrogens with zero attached hydrogens (tertiary/aromatic N) is 4. The van der Waals surface area contributed by atoms with E-state index in [-0.39, 0.29) is 29.4 Å². The largest absolute Gasteiger partial charge is 0.463 e. The zero-order chi connectivity index (χ0) is 24.0. The monoisotopic (exact) mass is 468 g/mol. The molecule has 0 fully saturated rings. The maximum atomic E-state index is 11.9. The van der Waals surface area contributed by atoms with E-state index in [9.17, 15) is 17.8 Å². The summed E-state index contributed by atoms with van der Waals surface area (Å²) in [6.45, 7) is 2.25. The van der Waals surface area contributed by atoms with Crippen LogP contribution in [0.15, 0.2) is 79.9 Å². The van der Waals surface area contributed by atoms with Crippen LogP contribution in [-0.4, -0.2) is 19.4 Å². The number of nitrogens with two attached hydrogens (primary N) is 2. The topological polar surface area (TPSA) is 182 Å². The van der Waals surface area contributed by atoms with Gasteiger partial charge in [0.25, 0.3) is 16.6 Å². The van der Waals surface area contributed by atoms with Crippen molar-refractivity contribution in [2.75, 3.05) is 11.5 Å². The van der Waals surface area contributed by atoms with Gasteiger partial charge in [-0.3, -0.25) is 9.35 Å². The van der Waals surface area contributed by atoms with Crippen LogP contribution in [0.1, 0.15) is 11.1 Å². The Hall–Kier alpha value is -4.16. The Morgan fingerprint density at radius 2 is 1.61 bits per heavy atom. The number of carbonyl (C=O) groups is 1. The highest BCUT2D eigenvalue weighted by Crippen LogP contribution is 2.43. The predicted octanol–water partition coefficient (Wildman–Crippen LogP) is 4.91. The fraction of sp³-hybridized carbons (Fsp3) is 0.0952. The molecule has 3 aromatic carbocycles. The SMILES string of the molecule is Cc1cccc(/N=N/c2c(N)c(/N=N/c3cccc(COC=O)c3)cc(S(=O)(=O)O)c2N)c1. The van der Waals surface area contributed by atoms with Gasteiger partial charge in [0.2, 0.25) is 0 Å². The lowest BCUT2D eigenvalue weighted by Crippen LogP contribution is -2.05. The molecule has 0 amide bonds. The van der Waals surface area contributed by atoms with Crippen LogP contribution >= 0.6 is 0 Å². The smallest absolute Gasteiger partial charge is 0.296 e. The van der Waals surface area contributed by atoms with Gasteiger partial charge in [-0.15, -0.1) is 10.2 Å². The summed E-state index contributed by atoms with van der Waals surface area (Å²) < 4.78 is 38.0. The van der Waals surface area contributed by atoms with Crippen LogP contribution in [0.2, 0.25) is 0 Å². The number of ether oxygens (including phenoxy) is 1. The summed E-state index contributed by atoms with van der Waals surface area (Å²) in [6, 6.07) is 14.7. The minimum Gasteiger partial charge on any atom is -0.463 e. The molecule has 5 N–H and O–H groups in total. The third-order valence-corrected chi connectivity index (χ3v) is 5.26. The lowest BCUT2D eigenvalue weighted by atomic mass is 10.2. The highest BCUT2D eigenvalue weighted by atomic mass is 32.2. The van der Waals surface area contributed by atoms with E-state index in [1.807, 2.05) is 13.0 Å². The molecule has 12 heteroatoms. The number of azo groups is 2. The van der Waals surface area contributed by atoms with E-state index >= 15 is 0 Å². The standard InChI is InChI=1S/C21H20N6O5S/c1-13-4-2-6-15(8-13)25-27-21-19(22)17(10-18(20(21)23)33(29,30)31)26-24-16-7-3-5-14(9-16)11-32-12-28/h2-10,12H,11,22-23H2,1H3,(H,29,30,31)/b26-24+,27-25+. The van der Waals surface area contributed by atoms with Gasteiger partial charge in [0.05, 0.1) is 22.7 Å². The predicted molar refractivity (Wildman–Crippen MR) is 122 cm³/mol. The van der Waals surface area contributed by atoms with Gasteiger partial charge < -0.3 is 16.2 Å². The minimum absolute atomic E-state index is 0.0489. The summed E-state index contributed by atoms with van der Waals surface area (Å²) in [7, 11) is -4.72. The second-order valence-electron chi connectivity index (χ2n) is 6.86. The van der Waals surface area contributed by atoms with Crippen molar-refractivity contribution in [3.63, 3.8) is 0 Å². The molecular weight excluding hydrogens is 448 g/mol. The second-order valence-corrected chi connectivity index (χ2v) is 8.25. The van der Waals surface area contributed by atoms with Crippen LogP contribution < -0.4 is 11.5 Å². The Balaban J connectivity index is 2.05. The number of nitrogen functional groups attached to an aromatic ring is 2. The molecule has 0 aliphatic carbocycles. The first-order chi connectivity index (χ1) is 15.7. The van der Waals surface area contributed by atoms with Crippen molar-refractivity contribution in [1.29, 1.82) is 0 Å². The van der Waals surface area contributed by atoms with Crippen LogP contribution in [0, 0.1) is 6.92 Å². The molecule has 0 saturated carbocycles. The van der Waals surface area contributed by atoms with Gasteiger partial charge in [0.1, 0.15) is 22.9 Å². The third kappa shape index (κ3) is 5.96. The maximum absolute atomic E-state index is 11.9. The molecule has 0 aliphatic rings. The third-order valence-electron chi connectivity index (χ3n) is 4.37. The molecule has 0 bridgehead atoms. The Labute approximate surface area is 189 Å². The average Bonchev–Trinajstić information content (AvgIpc) is 2.76. The summed E-state index contributed by atoms with van der Waals surface area (Å²) in [5, 5.41) is 16.1. The first-order valence-corrected chi connectivity index (χ1v) is 10.9. The van der Waals surface area contributed by atoms with E-state index in [1.165, 1.54) is 0 Å². The molecule has 0 saturated heterocycles. The lowest BCUT2D eigenvalue weighted by Gasteiger charge is -2.10. The molecular formula is C21H20N6O5S. The lowest BCUT2D eigenvalue weighted by molar-refractivity contribution is -0.129. The first-order valence-electron chi connectivity index (χ1n) is 9.43. The van der Waals surface area contributed by atoms with Crippen molar-refractivity contribution < 1.29 is 22.5 Å². The van der Waals surface area contributed by atoms with E-state index < -0.39 is 15.0 Å². The number of aryl methyl sites for hydroxylation is 1. The van der Waals surface area contributed by atoms with E-state index in [1.54, 1.807) is 42.5 Å². The van der Waals surface area contributed by atoms with E-state index in [4.69, 9.17) is 16.2 Å². The number of hydrogen-bond donors (Lipinski definition) is 3. The van der Waals surface area contributed by atoms with Crippen molar-refractivity contribution in [2.45, 2.75) is 18.4 Å². The Bertz CT molecular complexity index is 1360. The minimum atomic E-state index is -4.72. The van der Waals surface area contributed by atoms with Crippen molar-refractivity contribution in [2.24, 2.45) is 20.5 Å². The van der Waals surface area contributed by atoms with Gasteiger partial charge in [-0.2, -0.15) is 18.6 Å². The number of hydrogen-bond acceptors (Lipinski definition) is 10. The zero-order valence-corrected chi connectivity index (χ0v) is 18.2. The summed E-state index contributed by atoms with van der Waals surface area (Å²) in [6.07, 6.45) is 0. The Morgan fingerprint density at radius 1 is 0.939 bits per heavy atom. The highest BCUT2D eigenvalue weighted by Gasteiger charge is 2.22. The maximum Gasteiger partial charge on any atom is 0.296 e. The molecule has 3 aromatic rings. The zero-order valence-electron chi connectivity index (χ0n) is 17.4. The van der Waals surface area contributed by atoms with Gasteiger partial charge >= 0.3 is 0 Å². The second kappa shape index (κ2) is 9.97. The molecule has 33 heavy (non-hydrogen) atoms. The Morgan fingerprint density at radius 3 is 2.27 bits per heavy atom. The van der Waals surface area contributed by atoms with E-state index in [2.05, 4.69) is 20.5 Å². The molecule has 170 valence electrons. The van der Waals surface area contributed by atoms with Gasteiger partial charge in [-0.25, -0.2) is 0 Å². The van der Waals surface area contributed by atoms with Crippen molar-refractivity contribution in [3.8, 4) is 0 Å². The summed E-state index contributed by atoms with van der Waals surface area (Å²) >= 11 is 0. The molecule has 3 rings (SSSR count). The van der Waals surface area contributed by atoms with Crippen LogP contribution in [0.4, 0.5) is 34.1 Å². The molecule has 0 unspecified atom stereocenters. The molecule has 0 atom stereocenters. The number of anilines is 2. The molecule has 11 nitrogen and oxygen atoms in total. The Kier molecular flexibility index (Phi) is 7.10. The molecule has 0 heterocycles. The fourth-order valence-corrected chi connectivity index (χ4v) is 3.45.